The average Bonchev–Trinajstić information content (AvgIpc) is 2.80. The highest BCUT2D eigenvalue weighted by atomic mass is 16.4. The normalized spacial score (nSPS) is 9.64. The topological polar surface area (TPSA) is 170 Å². The molecular formula is C26H50N2O8. The second-order valence-electron chi connectivity index (χ2n) is 8.54. The van der Waals surface area contributed by atoms with Crippen LogP contribution in [0, 0.1) is 0 Å². The molecule has 2 amide bonds. The number of amides is 2. The minimum Gasteiger partial charge on any atom is -0.481 e. The van der Waals surface area contributed by atoms with E-state index in [-0.39, 0.29) is 37.5 Å². The second kappa shape index (κ2) is 30.4. The predicted molar refractivity (Wildman–Crippen MR) is 140 cm³/mol. The van der Waals surface area contributed by atoms with Gasteiger partial charge in [0.15, 0.2) is 0 Å². The zero-order chi connectivity index (χ0) is 28.0. The molecule has 10 nitrogen and oxygen atoms in total. The van der Waals surface area contributed by atoms with E-state index < -0.39 is 17.9 Å². The van der Waals surface area contributed by atoms with Crippen LogP contribution >= 0.6 is 0 Å². The summed E-state index contributed by atoms with van der Waals surface area (Å²) < 4.78 is 0. The maximum atomic E-state index is 11.1. The highest BCUT2D eigenvalue weighted by Gasteiger charge is 2.04. The molecular weight excluding hydrogens is 468 g/mol. The van der Waals surface area contributed by atoms with Gasteiger partial charge in [-0.3, -0.25) is 24.0 Å². The van der Waals surface area contributed by atoms with Gasteiger partial charge in [0.05, 0.1) is 12.8 Å². The van der Waals surface area contributed by atoms with Crippen molar-refractivity contribution in [2.75, 3.05) is 13.1 Å². The van der Waals surface area contributed by atoms with Crippen molar-refractivity contribution >= 4 is 29.7 Å². The van der Waals surface area contributed by atoms with E-state index in [2.05, 4.69) is 24.5 Å². The van der Waals surface area contributed by atoms with Gasteiger partial charge in [-0.05, 0) is 12.8 Å². The fourth-order valence-corrected chi connectivity index (χ4v) is 2.88. The summed E-state index contributed by atoms with van der Waals surface area (Å²) in [5.41, 5.74) is 0. The smallest absolute Gasteiger partial charge is 0.303 e. The quantitative estimate of drug-likeness (QED) is 0.144. The summed E-state index contributed by atoms with van der Waals surface area (Å²) in [5.74, 6) is -2.99. The molecule has 0 heterocycles. The molecule has 0 aliphatic carbocycles. The first kappa shape index (κ1) is 37.9. The molecule has 36 heavy (non-hydrogen) atoms. The zero-order valence-corrected chi connectivity index (χ0v) is 22.6. The third kappa shape index (κ3) is 44.9. The first-order valence-electron chi connectivity index (χ1n) is 13.2. The molecule has 0 aromatic rings. The van der Waals surface area contributed by atoms with E-state index in [1.165, 1.54) is 51.4 Å². The minimum absolute atomic E-state index is 0.0810. The monoisotopic (exact) mass is 518 g/mol. The summed E-state index contributed by atoms with van der Waals surface area (Å²) in [6, 6.07) is 0. The Morgan fingerprint density at radius 3 is 1.06 bits per heavy atom. The Balaban J connectivity index is -0.000000526. The number of unbranched alkanes of at least 4 members (excludes halogenated alkanes) is 10. The van der Waals surface area contributed by atoms with Gasteiger partial charge in [0.25, 0.3) is 5.97 Å². The maximum Gasteiger partial charge on any atom is 0.303 e. The number of aliphatic carboxylic acids is 3. The van der Waals surface area contributed by atoms with Crippen molar-refractivity contribution in [3.63, 3.8) is 0 Å². The molecule has 0 spiro atoms. The van der Waals surface area contributed by atoms with E-state index in [1.807, 2.05) is 0 Å². The Labute approximate surface area is 216 Å². The summed E-state index contributed by atoms with van der Waals surface area (Å²) in [6.45, 7) is 6.79. The van der Waals surface area contributed by atoms with E-state index in [4.69, 9.17) is 20.1 Å². The lowest BCUT2D eigenvalue weighted by molar-refractivity contribution is -0.139. The van der Waals surface area contributed by atoms with Gasteiger partial charge in [0, 0.05) is 32.9 Å². The maximum absolute atomic E-state index is 11.1. The number of hydrogen-bond donors (Lipinski definition) is 5. The van der Waals surface area contributed by atoms with Crippen molar-refractivity contribution in [1.29, 1.82) is 0 Å². The van der Waals surface area contributed by atoms with E-state index in [0.717, 1.165) is 32.6 Å². The van der Waals surface area contributed by atoms with Crippen LogP contribution in [0.15, 0.2) is 0 Å². The number of carbonyl (C=O) groups is 5. The van der Waals surface area contributed by atoms with Crippen molar-refractivity contribution in [3.8, 4) is 0 Å². The number of rotatable bonds is 20. The molecule has 0 bridgehead atoms. The molecule has 0 fully saturated rings. The molecule has 0 aliphatic rings. The van der Waals surface area contributed by atoms with Crippen LogP contribution in [0.1, 0.15) is 124 Å². The molecule has 0 atom stereocenters. The molecule has 10 heteroatoms. The van der Waals surface area contributed by atoms with Crippen molar-refractivity contribution in [2.45, 2.75) is 124 Å². The molecule has 0 aliphatic heterocycles. The fourth-order valence-electron chi connectivity index (χ4n) is 2.88. The molecule has 0 unspecified atom stereocenters. The van der Waals surface area contributed by atoms with Crippen LogP contribution in [0.3, 0.4) is 0 Å². The SMILES string of the molecule is CC(=O)O.CCCCCCCCNC(=O)CCC(=O)O.CCCCCCCCNC(=O)CCC(=O)O. The summed E-state index contributed by atoms with van der Waals surface area (Å²) in [4.78, 5) is 51.6. The van der Waals surface area contributed by atoms with Crippen molar-refractivity contribution in [1.82, 2.24) is 10.6 Å². The summed E-state index contributed by atoms with van der Waals surface area (Å²) in [5, 5.41) is 29.6. The van der Waals surface area contributed by atoms with Crippen LogP contribution in [0.2, 0.25) is 0 Å². The fraction of sp³-hybridized carbons (Fsp3) is 0.808. The average molecular weight is 519 g/mol. The molecule has 5 N–H and O–H groups in total. The predicted octanol–water partition coefficient (Wildman–Crippen LogP) is 4.75. The molecule has 212 valence electrons. The van der Waals surface area contributed by atoms with Crippen LogP contribution in [0.25, 0.3) is 0 Å². The van der Waals surface area contributed by atoms with Crippen LogP contribution in [0.4, 0.5) is 0 Å². The Morgan fingerprint density at radius 1 is 0.500 bits per heavy atom. The molecule has 0 aromatic carbocycles. The van der Waals surface area contributed by atoms with Gasteiger partial charge in [-0.25, -0.2) is 0 Å². The van der Waals surface area contributed by atoms with E-state index >= 15 is 0 Å². The van der Waals surface area contributed by atoms with E-state index in [0.29, 0.717) is 13.1 Å². The Kier molecular flexibility index (Phi) is 32.0. The third-order valence-corrected chi connectivity index (χ3v) is 4.84. The van der Waals surface area contributed by atoms with Gasteiger partial charge in [-0.15, -0.1) is 0 Å². The lowest BCUT2D eigenvalue weighted by Crippen LogP contribution is -2.24. The van der Waals surface area contributed by atoms with E-state index in [1.54, 1.807) is 0 Å². The highest BCUT2D eigenvalue weighted by molar-refractivity contribution is 5.81. The van der Waals surface area contributed by atoms with Gasteiger partial charge in [0.2, 0.25) is 11.8 Å². The van der Waals surface area contributed by atoms with Crippen LogP contribution in [-0.2, 0) is 24.0 Å². The minimum atomic E-state index is -0.922. The first-order chi connectivity index (χ1) is 17.1. The van der Waals surface area contributed by atoms with Crippen LogP contribution < -0.4 is 10.6 Å². The van der Waals surface area contributed by atoms with E-state index in [9.17, 15) is 19.2 Å². The first-order valence-corrected chi connectivity index (χ1v) is 13.2. The Hall–Kier alpha value is -2.65. The van der Waals surface area contributed by atoms with Crippen molar-refractivity contribution in [3.05, 3.63) is 0 Å². The number of hydrogen-bond acceptors (Lipinski definition) is 5. The molecule has 0 rings (SSSR count). The number of nitrogens with one attached hydrogen (secondary N) is 2. The summed E-state index contributed by atoms with van der Waals surface area (Å²) in [6.07, 6.45) is 14.3. The third-order valence-electron chi connectivity index (χ3n) is 4.84. The second-order valence-corrected chi connectivity index (χ2v) is 8.54. The molecule has 0 aromatic heterocycles. The Morgan fingerprint density at radius 2 is 0.778 bits per heavy atom. The highest BCUT2D eigenvalue weighted by Crippen LogP contribution is 2.05. The number of carbonyl (C=O) groups excluding carboxylic acids is 2. The molecule has 0 saturated heterocycles. The number of carboxylic acids is 3. The van der Waals surface area contributed by atoms with Gasteiger partial charge in [-0.1, -0.05) is 78.1 Å². The molecule has 0 saturated carbocycles. The van der Waals surface area contributed by atoms with Crippen LogP contribution in [-0.4, -0.2) is 58.1 Å². The van der Waals surface area contributed by atoms with Crippen LogP contribution in [0.5, 0.6) is 0 Å². The van der Waals surface area contributed by atoms with Gasteiger partial charge < -0.3 is 26.0 Å². The zero-order valence-electron chi connectivity index (χ0n) is 22.6. The lowest BCUT2D eigenvalue weighted by atomic mass is 10.1. The Bertz CT molecular complexity index is 534. The molecule has 0 radical (unpaired) electrons. The number of carboxylic acid groups (broad SMARTS) is 3. The largest absolute Gasteiger partial charge is 0.481 e. The summed E-state index contributed by atoms with van der Waals surface area (Å²) in [7, 11) is 0. The van der Waals surface area contributed by atoms with Gasteiger partial charge >= 0.3 is 11.9 Å². The van der Waals surface area contributed by atoms with Gasteiger partial charge in [-0.2, -0.15) is 0 Å². The summed E-state index contributed by atoms with van der Waals surface area (Å²) >= 11 is 0. The standard InChI is InChI=1S/2C12H23NO3.C2H4O2/c2*1-2-3-4-5-6-7-10-13-11(14)8-9-12(15)16;1-2(3)4/h2*2-10H2,1H3,(H,13,14)(H,15,16);1H3,(H,3,4). The lowest BCUT2D eigenvalue weighted by Gasteiger charge is -2.04. The van der Waals surface area contributed by atoms with Crippen molar-refractivity contribution in [2.24, 2.45) is 0 Å². The van der Waals surface area contributed by atoms with Gasteiger partial charge in [0.1, 0.15) is 0 Å². The van der Waals surface area contributed by atoms with Crippen molar-refractivity contribution < 1.29 is 39.3 Å².